The van der Waals surface area contributed by atoms with Gasteiger partial charge in [-0.15, -0.1) is 0 Å². The lowest BCUT2D eigenvalue weighted by molar-refractivity contribution is 0.459. The van der Waals surface area contributed by atoms with Crippen LogP contribution < -0.4 is 5.32 Å². The summed E-state index contributed by atoms with van der Waals surface area (Å²) in [4.78, 5) is 0. The second-order valence-electron chi connectivity index (χ2n) is 4.70. The molecule has 0 aromatic carbocycles. The van der Waals surface area contributed by atoms with E-state index in [2.05, 4.69) is 5.32 Å². The van der Waals surface area contributed by atoms with Crippen molar-refractivity contribution in [1.82, 2.24) is 5.32 Å². The molecule has 3 nitrogen and oxygen atoms in total. The maximum Gasteiger partial charge on any atom is 0.154 e. The Balaban J connectivity index is 2.73. The molecule has 1 saturated carbocycles. The Bertz CT molecular complexity index is 276. The van der Waals surface area contributed by atoms with Crippen molar-refractivity contribution in [3.05, 3.63) is 0 Å². The zero-order valence-electron chi connectivity index (χ0n) is 9.34. The predicted octanol–water partition coefficient (Wildman–Crippen LogP) is 1.34. The van der Waals surface area contributed by atoms with E-state index in [-0.39, 0.29) is 0 Å². The van der Waals surface area contributed by atoms with Crippen molar-refractivity contribution in [2.24, 2.45) is 0 Å². The van der Waals surface area contributed by atoms with Gasteiger partial charge in [0.15, 0.2) is 9.84 Å². The van der Waals surface area contributed by atoms with Gasteiger partial charge in [-0.3, -0.25) is 0 Å². The fourth-order valence-electron chi connectivity index (χ4n) is 2.09. The van der Waals surface area contributed by atoms with Crippen LogP contribution in [-0.4, -0.2) is 32.0 Å². The molecule has 0 amide bonds. The monoisotopic (exact) mass is 219 g/mol. The standard InChI is InChI=1S/C10H21NO2S/c1-9(2)11-8-10(14(3,12)13)6-4-5-7-10/h9,11H,4-8H2,1-3H3. The summed E-state index contributed by atoms with van der Waals surface area (Å²) in [6.45, 7) is 4.71. The summed E-state index contributed by atoms with van der Waals surface area (Å²) in [7, 11) is -2.92. The van der Waals surface area contributed by atoms with Crippen molar-refractivity contribution >= 4 is 9.84 Å². The third-order valence-electron chi connectivity index (χ3n) is 3.13. The zero-order chi connectivity index (χ0) is 10.8. The fourth-order valence-corrected chi connectivity index (χ4v) is 3.46. The fraction of sp³-hybridized carbons (Fsp3) is 1.00. The summed E-state index contributed by atoms with van der Waals surface area (Å²) < 4.78 is 23.0. The number of hydrogen-bond donors (Lipinski definition) is 1. The van der Waals surface area contributed by atoms with Crippen molar-refractivity contribution in [3.8, 4) is 0 Å². The lowest BCUT2D eigenvalue weighted by Crippen LogP contribution is -2.46. The van der Waals surface area contributed by atoms with Crippen LogP contribution in [0, 0.1) is 0 Å². The second kappa shape index (κ2) is 4.19. The van der Waals surface area contributed by atoms with Crippen LogP contribution in [0.2, 0.25) is 0 Å². The number of nitrogens with one attached hydrogen (secondary N) is 1. The maximum atomic E-state index is 11.7. The molecule has 0 saturated heterocycles. The van der Waals surface area contributed by atoms with Gasteiger partial charge in [0.2, 0.25) is 0 Å². The van der Waals surface area contributed by atoms with Gasteiger partial charge >= 0.3 is 0 Å². The number of sulfone groups is 1. The number of rotatable bonds is 4. The molecule has 0 aromatic heterocycles. The second-order valence-corrected chi connectivity index (χ2v) is 7.11. The summed E-state index contributed by atoms with van der Waals surface area (Å²) in [6, 6.07) is 0.356. The summed E-state index contributed by atoms with van der Waals surface area (Å²) in [5, 5.41) is 3.26. The van der Waals surface area contributed by atoms with Crippen molar-refractivity contribution in [1.29, 1.82) is 0 Å². The molecule has 0 aromatic rings. The Kier molecular flexibility index (Phi) is 3.58. The molecule has 0 spiro atoms. The molecule has 0 radical (unpaired) electrons. The minimum Gasteiger partial charge on any atom is -0.313 e. The molecule has 0 heterocycles. The van der Waals surface area contributed by atoms with Crippen molar-refractivity contribution < 1.29 is 8.42 Å². The molecule has 1 aliphatic rings. The van der Waals surface area contributed by atoms with E-state index >= 15 is 0 Å². The lowest BCUT2D eigenvalue weighted by Gasteiger charge is -2.28. The lowest BCUT2D eigenvalue weighted by atomic mass is 10.1. The van der Waals surface area contributed by atoms with E-state index in [1.54, 1.807) is 0 Å². The smallest absolute Gasteiger partial charge is 0.154 e. The Morgan fingerprint density at radius 3 is 2.14 bits per heavy atom. The van der Waals surface area contributed by atoms with Gasteiger partial charge in [-0.1, -0.05) is 26.7 Å². The van der Waals surface area contributed by atoms with E-state index in [1.807, 2.05) is 13.8 Å². The first-order chi connectivity index (χ1) is 6.37. The Morgan fingerprint density at radius 1 is 1.29 bits per heavy atom. The van der Waals surface area contributed by atoms with Gasteiger partial charge in [-0.2, -0.15) is 0 Å². The highest BCUT2D eigenvalue weighted by atomic mass is 32.2. The van der Waals surface area contributed by atoms with Crippen LogP contribution in [0.5, 0.6) is 0 Å². The summed E-state index contributed by atoms with van der Waals surface area (Å²) in [5.41, 5.74) is 0. The van der Waals surface area contributed by atoms with E-state index in [0.29, 0.717) is 12.6 Å². The molecule has 1 rings (SSSR count). The van der Waals surface area contributed by atoms with E-state index in [9.17, 15) is 8.42 Å². The highest BCUT2D eigenvalue weighted by Gasteiger charge is 2.42. The Morgan fingerprint density at radius 2 is 1.79 bits per heavy atom. The van der Waals surface area contributed by atoms with Crippen LogP contribution >= 0.6 is 0 Å². The molecule has 0 aliphatic heterocycles. The van der Waals surface area contributed by atoms with Crippen LogP contribution in [0.25, 0.3) is 0 Å². The van der Waals surface area contributed by atoms with Crippen molar-refractivity contribution in [2.75, 3.05) is 12.8 Å². The van der Waals surface area contributed by atoms with Gasteiger partial charge in [0, 0.05) is 18.8 Å². The van der Waals surface area contributed by atoms with Crippen molar-refractivity contribution in [2.45, 2.75) is 50.3 Å². The average Bonchev–Trinajstić information content (AvgIpc) is 2.48. The van der Waals surface area contributed by atoms with E-state index in [4.69, 9.17) is 0 Å². The zero-order valence-corrected chi connectivity index (χ0v) is 10.2. The van der Waals surface area contributed by atoms with Gasteiger partial charge in [-0.05, 0) is 12.8 Å². The molecule has 0 unspecified atom stereocenters. The summed E-state index contributed by atoms with van der Waals surface area (Å²) in [5.74, 6) is 0. The average molecular weight is 219 g/mol. The molecule has 4 heteroatoms. The highest BCUT2D eigenvalue weighted by Crippen LogP contribution is 2.35. The minimum absolute atomic E-state index is 0.356. The Hall–Kier alpha value is -0.0900. The normalized spacial score (nSPS) is 21.7. The van der Waals surface area contributed by atoms with E-state index < -0.39 is 14.6 Å². The molecule has 14 heavy (non-hydrogen) atoms. The predicted molar refractivity (Wildman–Crippen MR) is 59.2 cm³/mol. The molecule has 0 bridgehead atoms. The first-order valence-corrected chi connectivity index (χ1v) is 7.19. The van der Waals surface area contributed by atoms with Crippen LogP contribution in [0.4, 0.5) is 0 Å². The quantitative estimate of drug-likeness (QED) is 0.776. The molecule has 84 valence electrons. The first-order valence-electron chi connectivity index (χ1n) is 5.30. The van der Waals surface area contributed by atoms with Gasteiger partial charge < -0.3 is 5.32 Å². The third-order valence-corrected chi connectivity index (χ3v) is 5.26. The molecule has 1 N–H and O–H groups in total. The van der Waals surface area contributed by atoms with Gasteiger partial charge in [-0.25, -0.2) is 8.42 Å². The maximum absolute atomic E-state index is 11.7. The summed E-state index contributed by atoms with van der Waals surface area (Å²) in [6.07, 6.45) is 5.12. The third kappa shape index (κ3) is 2.48. The van der Waals surface area contributed by atoms with Crippen LogP contribution in [0.15, 0.2) is 0 Å². The topological polar surface area (TPSA) is 46.2 Å². The van der Waals surface area contributed by atoms with Crippen LogP contribution in [0.3, 0.4) is 0 Å². The molecular formula is C10H21NO2S. The van der Waals surface area contributed by atoms with E-state index in [1.165, 1.54) is 6.26 Å². The van der Waals surface area contributed by atoms with Gasteiger partial charge in [0.05, 0.1) is 4.75 Å². The van der Waals surface area contributed by atoms with Crippen molar-refractivity contribution in [3.63, 3.8) is 0 Å². The van der Waals surface area contributed by atoms with Gasteiger partial charge in [0.1, 0.15) is 0 Å². The minimum atomic E-state index is -2.92. The highest BCUT2D eigenvalue weighted by molar-refractivity contribution is 7.92. The van der Waals surface area contributed by atoms with E-state index in [0.717, 1.165) is 25.7 Å². The van der Waals surface area contributed by atoms with Crippen LogP contribution in [0.1, 0.15) is 39.5 Å². The molecule has 0 atom stereocenters. The summed E-state index contributed by atoms with van der Waals surface area (Å²) >= 11 is 0. The number of hydrogen-bond acceptors (Lipinski definition) is 3. The van der Waals surface area contributed by atoms with Crippen LogP contribution in [-0.2, 0) is 9.84 Å². The molecular weight excluding hydrogens is 198 g/mol. The van der Waals surface area contributed by atoms with Gasteiger partial charge in [0.25, 0.3) is 0 Å². The Labute approximate surface area is 87.2 Å². The molecule has 1 aliphatic carbocycles. The SMILES string of the molecule is CC(C)NCC1(S(C)(=O)=O)CCCC1. The largest absolute Gasteiger partial charge is 0.313 e. The molecule has 1 fully saturated rings. The first kappa shape index (κ1) is 12.0.